The van der Waals surface area contributed by atoms with E-state index < -0.39 is 0 Å². The van der Waals surface area contributed by atoms with Gasteiger partial charge in [0.1, 0.15) is 0 Å². The van der Waals surface area contributed by atoms with Crippen LogP contribution in [0.15, 0.2) is 29.2 Å². The Kier molecular flexibility index (Phi) is 3.71. The first-order valence-corrected chi connectivity index (χ1v) is 6.61. The van der Waals surface area contributed by atoms with Crippen LogP contribution in [0.1, 0.15) is 32.3 Å². The summed E-state index contributed by atoms with van der Waals surface area (Å²) in [5, 5.41) is 4.19. The van der Waals surface area contributed by atoms with E-state index in [0.29, 0.717) is 5.25 Å². The molecule has 15 heavy (non-hydrogen) atoms. The molecule has 1 aliphatic carbocycles. The largest absolute Gasteiger partial charge is 0.310 e. The van der Waals surface area contributed by atoms with Gasteiger partial charge in [0, 0.05) is 22.7 Å². The number of hydrogen-bond donors (Lipinski definition) is 1. The normalized spacial score (nSPS) is 15.9. The van der Waals surface area contributed by atoms with Crippen molar-refractivity contribution in [3.63, 3.8) is 0 Å². The fourth-order valence-electron chi connectivity index (χ4n) is 1.51. The van der Waals surface area contributed by atoms with Crippen LogP contribution in [0.25, 0.3) is 0 Å². The molecule has 0 bridgehead atoms. The maximum absolute atomic E-state index is 3.53. The Balaban J connectivity index is 1.85. The molecule has 1 nitrogen and oxygen atoms in total. The lowest BCUT2D eigenvalue weighted by molar-refractivity contribution is 0.687. The van der Waals surface area contributed by atoms with E-state index in [2.05, 4.69) is 43.4 Å². The monoisotopic (exact) mass is 221 g/mol. The van der Waals surface area contributed by atoms with Crippen molar-refractivity contribution in [2.45, 2.75) is 49.4 Å². The van der Waals surface area contributed by atoms with E-state index in [1.54, 1.807) is 0 Å². The molecule has 0 saturated heterocycles. The number of benzene rings is 1. The van der Waals surface area contributed by atoms with Gasteiger partial charge < -0.3 is 5.32 Å². The molecule has 1 aromatic carbocycles. The van der Waals surface area contributed by atoms with Crippen molar-refractivity contribution in [3.8, 4) is 0 Å². The minimum atomic E-state index is 0.667. The predicted octanol–water partition coefficient (Wildman–Crippen LogP) is 3.44. The van der Waals surface area contributed by atoms with Crippen molar-refractivity contribution in [1.29, 1.82) is 0 Å². The number of nitrogens with one attached hydrogen (secondary N) is 1. The summed E-state index contributed by atoms with van der Waals surface area (Å²) in [4.78, 5) is 1.38. The molecule has 1 aromatic rings. The molecule has 0 aliphatic heterocycles. The van der Waals surface area contributed by atoms with Crippen LogP contribution < -0.4 is 5.32 Å². The maximum Gasteiger partial charge on any atom is 0.0208 e. The summed E-state index contributed by atoms with van der Waals surface area (Å²) in [6.07, 6.45) is 2.72. The molecule has 0 radical (unpaired) electrons. The van der Waals surface area contributed by atoms with E-state index in [4.69, 9.17) is 0 Å². The Morgan fingerprint density at radius 3 is 2.47 bits per heavy atom. The van der Waals surface area contributed by atoms with E-state index in [-0.39, 0.29) is 0 Å². The smallest absolute Gasteiger partial charge is 0.0208 e. The molecule has 1 fully saturated rings. The molecule has 1 aliphatic rings. The molecular weight excluding hydrogens is 202 g/mol. The third kappa shape index (κ3) is 3.88. The van der Waals surface area contributed by atoms with Crippen LogP contribution >= 0.6 is 11.8 Å². The van der Waals surface area contributed by atoms with Crippen LogP contribution in [0.4, 0.5) is 0 Å². The molecule has 0 atom stereocenters. The average molecular weight is 221 g/mol. The summed E-state index contributed by atoms with van der Waals surface area (Å²) in [5.41, 5.74) is 1.40. The first kappa shape index (κ1) is 11.0. The van der Waals surface area contributed by atoms with E-state index in [0.717, 1.165) is 12.6 Å². The summed E-state index contributed by atoms with van der Waals surface area (Å²) in [5.74, 6) is 0. The minimum absolute atomic E-state index is 0.667. The lowest BCUT2D eigenvalue weighted by Crippen LogP contribution is -2.14. The highest BCUT2D eigenvalue weighted by atomic mass is 32.2. The van der Waals surface area contributed by atoms with Gasteiger partial charge in [0.2, 0.25) is 0 Å². The van der Waals surface area contributed by atoms with Gasteiger partial charge in [-0.1, -0.05) is 26.0 Å². The van der Waals surface area contributed by atoms with Crippen molar-refractivity contribution in [1.82, 2.24) is 5.32 Å². The van der Waals surface area contributed by atoms with Crippen LogP contribution in [0.5, 0.6) is 0 Å². The summed E-state index contributed by atoms with van der Waals surface area (Å²) in [7, 11) is 0. The van der Waals surface area contributed by atoms with Gasteiger partial charge >= 0.3 is 0 Å². The molecule has 0 spiro atoms. The molecule has 0 amide bonds. The lowest BCUT2D eigenvalue weighted by Gasteiger charge is -2.06. The molecule has 82 valence electrons. The number of rotatable bonds is 5. The SMILES string of the molecule is CC(C)Sc1ccc(CNC2CC2)cc1. The number of hydrogen-bond acceptors (Lipinski definition) is 2. The van der Waals surface area contributed by atoms with Gasteiger partial charge in [-0.25, -0.2) is 0 Å². The van der Waals surface area contributed by atoms with Gasteiger partial charge in [-0.2, -0.15) is 0 Å². The quantitative estimate of drug-likeness (QED) is 0.764. The van der Waals surface area contributed by atoms with Crippen LogP contribution in [0, 0.1) is 0 Å². The topological polar surface area (TPSA) is 12.0 Å². The molecule has 2 rings (SSSR count). The zero-order chi connectivity index (χ0) is 10.7. The third-order valence-corrected chi connectivity index (χ3v) is 3.48. The molecule has 0 heterocycles. The van der Waals surface area contributed by atoms with Crippen molar-refractivity contribution in [2.24, 2.45) is 0 Å². The van der Waals surface area contributed by atoms with E-state index in [1.165, 1.54) is 23.3 Å². The van der Waals surface area contributed by atoms with E-state index >= 15 is 0 Å². The predicted molar refractivity (Wildman–Crippen MR) is 67.3 cm³/mol. The second kappa shape index (κ2) is 5.04. The Morgan fingerprint density at radius 2 is 1.93 bits per heavy atom. The fourth-order valence-corrected chi connectivity index (χ4v) is 2.35. The Morgan fingerprint density at radius 1 is 1.27 bits per heavy atom. The van der Waals surface area contributed by atoms with Crippen LogP contribution in [-0.2, 0) is 6.54 Å². The minimum Gasteiger partial charge on any atom is -0.310 e. The third-order valence-electron chi connectivity index (χ3n) is 2.47. The molecule has 0 unspecified atom stereocenters. The number of thioether (sulfide) groups is 1. The average Bonchev–Trinajstić information content (AvgIpc) is 2.99. The molecule has 1 saturated carbocycles. The van der Waals surface area contributed by atoms with Gasteiger partial charge in [0.15, 0.2) is 0 Å². The van der Waals surface area contributed by atoms with Crippen LogP contribution in [-0.4, -0.2) is 11.3 Å². The highest BCUT2D eigenvalue weighted by Crippen LogP contribution is 2.23. The van der Waals surface area contributed by atoms with Crippen molar-refractivity contribution < 1.29 is 0 Å². The van der Waals surface area contributed by atoms with E-state index in [1.807, 2.05) is 11.8 Å². The van der Waals surface area contributed by atoms with E-state index in [9.17, 15) is 0 Å². The fraction of sp³-hybridized carbons (Fsp3) is 0.538. The zero-order valence-electron chi connectivity index (χ0n) is 9.49. The Labute approximate surface area is 96.7 Å². The van der Waals surface area contributed by atoms with Crippen LogP contribution in [0.3, 0.4) is 0 Å². The van der Waals surface area contributed by atoms with Gasteiger partial charge in [-0.05, 0) is 30.5 Å². The first-order valence-electron chi connectivity index (χ1n) is 5.73. The summed E-state index contributed by atoms with van der Waals surface area (Å²) >= 11 is 1.92. The molecular formula is C13H19NS. The standard InChI is InChI=1S/C13H19NS/c1-10(2)15-13-7-3-11(4-8-13)9-14-12-5-6-12/h3-4,7-8,10,12,14H,5-6,9H2,1-2H3. The lowest BCUT2D eigenvalue weighted by atomic mass is 10.2. The van der Waals surface area contributed by atoms with Crippen molar-refractivity contribution in [2.75, 3.05) is 0 Å². The summed E-state index contributed by atoms with van der Waals surface area (Å²) < 4.78 is 0. The summed E-state index contributed by atoms with van der Waals surface area (Å²) in [6.45, 7) is 5.48. The molecule has 0 aromatic heterocycles. The second-order valence-corrected chi connectivity index (χ2v) is 6.12. The Bertz CT molecular complexity index is 301. The first-order chi connectivity index (χ1) is 7.24. The van der Waals surface area contributed by atoms with Gasteiger partial charge in [-0.3, -0.25) is 0 Å². The zero-order valence-corrected chi connectivity index (χ0v) is 10.3. The highest BCUT2D eigenvalue weighted by Gasteiger charge is 2.19. The molecule has 1 N–H and O–H groups in total. The van der Waals surface area contributed by atoms with Crippen molar-refractivity contribution in [3.05, 3.63) is 29.8 Å². The van der Waals surface area contributed by atoms with Gasteiger partial charge in [0.25, 0.3) is 0 Å². The van der Waals surface area contributed by atoms with Crippen molar-refractivity contribution >= 4 is 11.8 Å². The van der Waals surface area contributed by atoms with Gasteiger partial charge in [-0.15, -0.1) is 11.8 Å². The maximum atomic E-state index is 3.53. The Hall–Kier alpha value is -0.470. The van der Waals surface area contributed by atoms with Gasteiger partial charge in [0.05, 0.1) is 0 Å². The second-order valence-electron chi connectivity index (χ2n) is 4.47. The summed E-state index contributed by atoms with van der Waals surface area (Å²) in [6, 6.07) is 9.73. The van der Waals surface area contributed by atoms with Crippen LogP contribution in [0.2, 0.25) is 0 Å². The molecule has 2 heteroatoms. The highest BCUT2D eigenvalue weighted by molar-refractivity contribution is 7.99.